The molecule has 1 fully saturated rings. The summed E-state index contributed by atoms with van der Waals surface area (Å²) in [5, 5.41) is 15.4. The number of nitrogens with one attached hydrogen (secondary N) is 1. The van der Waals surface area contributed by atoms with Crippen LogP contribution >= 0.6 is 0 Å². The molecule has 1 aliphatic rings. The lowest BCUT2D eigenvalue weighted by Crippen LogP contribution is -2.40. The largest absolute Gasteiger partial charge is 0.465 e. The lowest BCUT2D eigenvalue weighted by Gasteiger charge is -2.29. The fraction of sp³-hybridized carbons (Fsp3) is 0.500. The number of aromatic nitrogens is 2. The Kier molecular flexibility index (Phi) is 7.90. The Morgan fingerprint density at radius 3 is 2.81 bits per heavy atom. The van der Waals surface area contributed by atoms with Crippen molar-refractivity contribution in [3.63, 3.8) is 0 Å². The first kappa shape index (κ1) is 22.6. The number of likely N-dealkylation sites (tertiary alicyclic amines) is 1. The second kappa shape index (κ2) is 10.8. The molecule has 0 spiro atoms. The number of carbonyl (C=O) groups is 2. The van der Waals surface area contributed by atoms with Crippen LogP contribution in [0.1, 0.15) is 35.5 Å². The number of methoxy groups -OCH3 is 1. The summed E-state index contributed by atoms with van der Waals surface area (Å²) < 4.78 is 30.2. The monoisotopic (exact) mass is 436 g/mol. The number of carboxylic acid groups (broad SMARTS) is 1. The number of halogens is 1. The maximum Gasteiger partial charge on any atom is 0.407 e. The zero-order valence-corrected chi connectivity index (χ0v) is 17.2. The molecule has 168 valence electrons. The van der Waals surface area contributed by atoms with Crippen molar-refractivity contribution in [2.45, 2.75) is 32.0 Å². The van der Waals surface area contributed by atoms with Crippen molar-refractivity contribution in [2.24, 2.45) is 0 Å². The maximum absolute atomic E-state index is 14.4. The van der Waals surface area contributed by atoms with E-state index in [0.717, 1.165) is 0 Å². The van der Waals surface area contributed by atoms with Crippen molar-refractivity contribution >= 4 is 12.0 Å². The van der Waals surface area contributed by atoms with Gasteiger partial charge >= 0.3 is 6.09 Å². The SMILES string of the molecule is COCCCNC(=O)c1ccc(-c2noc(COC3CCN(C(=O)O)CC3)n2)cc1F. The Morgan fingerprint density at radius 1 is 1.35 bits per heavy atom. The molecule has 0 bridgehead atoms. The summed E-state index contributed by atoms with van der Waals surface area (Å²) in [5.74, 6) is -0.771. The molecule has 0 unspecified atom stereocenters. The molecule has 3 rings (SSSR count). The van der Waals surface area contributed by atoms with Gasteiger partial charge in [-0.1, -0.05) is 11.2 Å². The van der Waals surface area contributed by atoms with Gasteiger partial charge in [0, 0.05) is 38.9 Å². The van der Waals surface area contributed by atoms with Crippen molar-refractivity contribution in [2.75, 3.05) is 33.4 Å². The van der Waals surface area contributed by atoms with E-state index in [1.165, 1.54) is 17.0 Å². The minimum Gasteiger partial charge on any atom is -0.465 e. The number of hydrogen-bond donors (Lipinski definition) is 2. The van der Waals surface area contributed by atoms with Gasteiger partial charge in [-0.2, -0.15) is 4.98 Å². The van der Waals surface area contributed by atoms with Crippen molar-refractivity contribution in [3.8, 4) is 11.4 Å². The summed E-state index contributed by atoms with van der Waals surface area (Å²) in [4.78, 5) is 28.6. The highest BCUT2D eigenvalue weighted by molar-refractivity contribution is 5.94. The van der Waals surface area contributed by atoms with E-state index in [4.69, 9.17) is 19.1 Å². The third kappa shape index (κ3) is 6.22. The molecule has 0 atom stereocenters. The van der Waals surface area contributed by atoms with Crippen LogP contribution in [0.3, 0.4) is 0 Å². The lowest BCUT2D eigenvalue weighted by atomic mass is 10.1. The number of rotatable bonds is 9. The van der Waals surface area contributed by atoms with E-state index in [1.54, 1.807) is 13.2 Å². The molecular weight excluding hydrogens is 411 g/mol. The van der Waals surface area contributed by atoms with Crippen molar-refractivity contribution in [3.05, 3.63) is 35.5 Å². The van der Waals surface area contributed by atoms with Crippen LogP contribution in [0.2, 0.25) is 0 Å². The normalized spacial score (nSPS) is 14.6. The fourth-order valence-corrected chi connectivity index (χ4v) is 3.19. The van der Waals surface area contributed by atoms with E-state index >= 15 is 0 Å². The molecule has 10 nitrogen and oxygen atoms in total. The summed E-state index contributed by atoms with van der Waals surface area (Å²) in [7, 11) is 1.57. The van der Waals surface area contributed by atoms with Crippen LogP contribution in [0, 0.1) is 5.82 Å². The van der Waals surface area contributed by atoms with E-state index in [2.05, 4.69) is 15.5 Å². The van der Waals surface area contributed by atoms with E-state index in [-0.39, 0.29) is 30.0 Å². The minimum atomic E-state index is -0.929. The quantitative estimate of drug-likeness (QED) is 0.574. The van der Waals surface area contributed by atoms with Crippen LogP contribution in [0.4, 0.5) is 9.18 Å². The second-order valence-corrected chi connectivity index (χ2v) is 7.09. The average Bonchev–Trinajstić information content (AvgIpc) is 3.24. The Morgan fingerprint density at radius 2 is 2.13 bits per heavy atom. The Bertz CT molecular complexity index is 898. The number of ether oxygens (including phenoxy) is 2. The Hall–Kier alpha value is -3.05. The van der Waals surface area contributed by atoms with Crippen LogP contribution in [0.25, 0.3) is 11.4 Å². The maximum atomic E-state index is 14.4. The number of carbonyl (C=O) groups excluding carboxylic acids is 1. The van der Waals surface area contributed by atoms with Gasteiger partial charge in [0.25, 0.3) is 11.8 Å². The Labute approximate surface area is 178 Å². The summed E-state index contributed by atoms with van der Waals surface area (Å²) in [6.45, 7) is 1.81. The topological polar surface area (TPSA) is 127 Å². The molecule has 1 aromatic heterocycles. The van der Waals surface area contributed by atoms with Crippen LogP contribution in [0.15, 0.2) is 22.7 Å². The number of amides is 2. The van der Waals surface area contributed by atoms with Crippen molar-refractivity contribution in [1.82, 2.24) is 20.4 Å². The van der Waals surface area contributed by atoms with Gasteiger partial charge in [-0.3, -0.25) is 4.79 Å². The zero-order valence-electron chi connectivity index (χ0n) is 17.2. The van der Waals surface area contributed by atoms with Gasteiger partial charge in [0.05, 0.1) is 11.7 Å². The summed E-state index contributed by atoms with van der Waals surface area (Å²) in [6, 6.07) is 4.10. The van der Waals surface area contributed by atoms with Crippen LogP contribution in [-0.4, -0.2) is 71.6 Å². The molecule has 2 heterocycles. The first-order chi connectivity index (χ1) is 15.0. The van der Waals surface area contributed by atoms with E-state index in [9.17, 15) is 14.0 Å². The molecule has 1 saturated heterocycles. The van der Waals surface area contributed by atoms with Crippen molar-refractivity contribution < 1.29 is 33.1 Å². The van der Waals surface area contributed by atoms with Gasteiger partial charge in [-0.25, -0.2) is 9.18 Å². The zero-order chi connectivity index (χ0) is 22.2. The number of piperidine rings is 1. The highest BCUT2D eigenvalue weighted by Crippen LogP contribution is 2.21. The van der Waals surface area contributed by atoms with E-state index < -0.39 is 17.8 Å². The highest BCUT2D eigenvalue weighted by Gasteiger charge is 2.23. The molecule has 1 aliphatic heterocycles. The smallest absolute Gasteiger partial charge is 0.407 e. The first-order valence-electron chi connectivity index (χ1n) is 9.97. The van der Waals surface area contributed by atoms with Crippen LogP contribution < -0.4 is 5.32 Å². The summed E-state index contributed by atoms with van der Waals surface area (Å²) in [5.41, 5.74) is 0.305. The number of nitrogens with zero attached hydrogens (tertiary/aromatic N) is 3. The minimum absolute atomic E-state index is 0.0686. The van der Waals surface area contributed by atoms with Gasteiger partial charge in [0.2, 0.25) is 5.82 Å². The molecule has 11 heteroatoms. The second-order valence-electron chi connectivity index (χ2n) is 7.09. The number of hydrogen-bond acceptors (Lipinski definition) is 7. The average molecular weight is 436 g/mol. The molecule has 0 radical (unpaired) electrons. The standard InChI is InChI=1S/C20H25FN4O6/c1-29-10-2-7-22-19(26)15-4-3-13(11-16(15)21)18-23-17(31-24-18)12-30-14-5-8-25(9-6-14)20(27)28/h3-4,11,14H,2,5-10,12H2,1H3,(H,22,26)(H,27,28). The molecule has 0 saturated carbocycles. The summed E-state index contributed by atoms with van der Waals surface area (Å²) in [6.07, 6.45) is 0.793. The lowest BCUT2D eigenvalue weighted by molar-refractivity contribution is -0.00953. The van der Waals surface area contributed by atoms with E-state index in [1.807, 2.05) is 0 Å². The third-order valence-corrected chi connectivity index (χ3v) is 4.91. The molecule has 2 aromatic rings. The molecule has 1 aromatic carbocycles. The molecule has 2 amide bonds. The predicted octanol–water partition coefficient (Wildman–Crippen LogP) is 2.30. The molecule has 2 N–H and O–H groups in total. The third-order valence-electron chi connectivity index (χ3n) is 4.91. The fourth-order valence-electron chi connectivity index (χ4n) is 3.19. The van der Waals surface area contributed by atoms with Gasteiger partial charge in [0.15, 0.2) is 0 Å². The molecule has 31 heavy (non-hydrogen) atoms. The molecular formula is C20H25FN4O6. The van der Waals surface area contributed by atoms with Crippen molar-refractivity contribution in [1.29, 1.82) is 0 Å². The highest BCUT2D eigenvalue weighted by atomic mass is 19.1. The summed E-state index contributed by atoms with van der Waals surface area (Å²) >= 11 is 0. The van der Waals surface area contributed by atoms with Gasteiger partial charge in [0.1, 0.15) is 12.4 Å². The molecule has 0 aliphatic carbocycles. The number of benzene rings is 1. The predicted molar refractivity (Wildman–Crippen MR) is 106 cm³/mol. The van der Waals surface area contributed by atoms with Crippen LogP contribution in [-0.2, 0) is 16.1 Å². The first-order valence-corrected chi connectivity index (χ1v) is 9.97. The van der Waals surface area contributed by atoms with Crippen LogP contribution in [0.5, 0.6) is 0 Å². The Balaban J connectivity index is 1.53. The van der Waals surface area contributed by atoms with Gasteiger partial charge in [-0.15, -0.1) is 0 Å². The van der Waals surface area contributed by atoms with Gasteiger partial charge in [-0.05, 0) is 31.4 Å². The van der Waals surface area contributed by atoms with Gasteiger partial charge < -0.3 is 29.3 Å². The van der Waals surface area contributed by atoms with E-state index in [0.29, 0.717) is 51.1 Å².